The summed E-state index contributed by atoms with van der Waals surface area (Å²) in [4.78, 5) is 23.3. The van der Waals surface area contributed by atoms with Crippen molar-refractivity contribution in [3.05, 3.63) is 33.2 Å². The lowest BCUT2D eigenvalue weighted by atomic mass is 10.2. The molecule has 1 unspecified atom stereocenters. The van der Waals surface area contributed by atoms with Crippen LogP contribution in [0.4, 0.5) is 0 Å². The maximum atomic E-state index is 11.9. The van der Waals surface area contributed by atoms with Crippen LogP contribution in [-0.2, 0) is 16.0 Å². The second kappa shape index (κ2) is 6.21. The third-order valence-corrected chi connectivity index (χ3v) is 3.51. The molecule has 2 heterocycles. The molecule has 104 valence electrons. The summed E-state index contributed by atoms with van der Waals surface area (Å²) >= 11 is 6.04. The van der Waals surface area contributed by atoms with Gasteiger partial charge in [0.2, 0.25) is 0 Å². The Labute approximate surface area is 116 Å². The van der Waals surface area contributed by atoms with Gasteiger partial charge >= 0.3 is 5.97 Å². The topological polar surface area (TPSA) is 57.5 Å². The van der Waals surface area contributed by atoms with Gasteiger partial charge in [-0.15, -0.1) is 0 Å². The Hall–Kier alpha value is -1.33. The molecule has 1 atom stereocenters. The minimum absolute atomic E-state index is 0.172. The average molecular weight is 286 g/mol. The van der Waals surface area contributed by atoms with Gasteiger partial charge in [0.05, 0.1) is 18.8 Å². The molecule has 0 spiro atoms. The van der Waals surface area contributed by atoms with Gasteiger partial charge in [-0.05, 0) is 25.3 Å². The van der Waals surface area contributed by atoms with E-state index in [4.69, 9.17) is 16.3 Å². The van der Waals surface area contributed by atoms with E-state index in [1.165, 1.54) is 23.8 Å². The zero-order chi connectivity index (χ0) is 13.8. The molecular formula is C13H16ClNO4. The summed E-state index contributed by atoms with van der Waals surface area (Å²) in [6.07, 6.45) is 3.03. The van der Waals surface area contributed by atoms with Crippen LogP contribution in [-0.4, -0.2) is 30.4 Å². The maximum Gasteiger partial charge on any atom is 0.338 e. The van der Waals surface area contributed by atoms with Gasteiger partial charge in [0.25, 0.3) is 5.56 Å². The Kier molecular flexibility index (Phi) is 4.61. The van der Waals surface area contributed by atoms with Crippen LogP contribution in [0.25, 0.3) is 0 Å². The summed E-state index contributed by atoms with van der Waals surface area (Å²) < 4.78 is 11.5. The first-order valence-corrected chi connectivity index (χ1v) is 6.60. The van der Waals surface area contributed by atoms with Gasteiger partial charge in [0.15, 0.2) is 0 Å². The molecular weight excluding hydrogens is 270 g/mol. The standard InChI is InChI=1S/C13H16ClNO4/c1-18-13(17)9-7-11(14)15(12(16)8-9)5-4-10-3-2-6-19-10/h7-8,10H,2-6H2,1H3. The first kappa shape index (κ1) is 14.1. The second-order valence-electron chi connectivity index (χ2n) is 4.47. The number of carbonyl (C=O) groups excluding carboxylic acids is 1. The molecule has 1 aromatic rings. The summed E-state index contributed by atoms with van der Waals surface area (Å²) in [6, 6.07) is 2.69. The molecule has 6 heteroatoms. The molecule has 5 nitrogen and oxygen atoms in total. The number of methoxy groups -OCH3 is 1. The van der Waals surface area contributed by atoms with Crippen LogP contribution in [0.3, 0.4) is 0 Å². The number of hydrogen-bond donors (Lipinski definition) is 0. The summed E-state index contributed by atoms with van der Waals surface area (Å²) in [5, 5.41) is 0.242. The van der Waals surface area contributed by atoms with Crippen molar-refractivity contribution in [3.8, 4) is 0 Å². The smallest absolute Gasteiger partial charge is 0.338 e. The van der Waals surface area contributed by atoms with E-state index in [0.29, 0.717) is 6.54 Å². The predicted octanol–water partition coefficient (Wildman–Crippen LogP) is 1.86. The molecule has 0 radical (unpaired) electrons. The van der Waals surface area contributed by atoms with E-state index in [0.717, 1.165) is 25.9 Å². The van der Waals surface area contributed by atoms with Crippen molar-refractivity contribution >= 4 is 17.6 Å². The van der Waals surface area contributed by atoms with Crippen LogP contribution in [0.1, 0.15) is 29.6 Å². The number of aromatic nitrogens is 1. The van der Waals surface area contributed by atoms with E-state index in [9.17, 15) is 9.59 Å². The third kappa shape index (κ3) is 3.36. The quantitative estimate of drug-likeness (QED) is 0.626. The second-order valence-corrected chi connectivity index (χ2v) is 4.86. The minimum Gasteiger partial charge on any atom is -0.465 e. The van der Waals surface area contributed by atoms with Gasteiger partial charge in [-0.1, -0.05) is 11.6 Å². The Morgan fingerprint density at radius 2 is 2.37 bits per heavy atom. The van der Waals surface area contributed by atoms with Crippen molar-refractivity contribution in [2.45, 2.75) is 31.9 Å². The first-order chi connectivity index (χ1) is 9.11. The van der Waals surface area contributed by atoms with Crippen molar-refractivity contribution in [1.29, 1.82) is 0 Å². The number of nitrogens with zero attached hydrogens (tertiary/aromatic N) is 1. The van der Waals surface area contributed by atoms with Crippen LogP contribution < -0.4 is 5.56 Å². The van der Waals surface area contributed by atoms with Gasteiger partial charge in [-0.3, -0.25) is 9.36 Å². The Balaban J connectivity index is 2.12. The monoisotopic (exact) mass is 285 g/mol. The molecule has 0 saturated carbocycles. The molecule has 1 aromatic heterocycles. The van der Waals surface area contributed by atoms with Gasteiger partial charge < -0.3 is 9.47 Å². The van der Waals surface area contributed by atoms with Gasteiger partial charge in [0, 0.05) is 19.2 Å². The van der Waals surface area contributed by atoms with E-state index in [2.05, 4.69) is 4.74 Å². The molecule has 1 aliphatic heterocycles. The van der Waals surface area contributed by atoms with Gasteiger partial charge in [-0.25, -0.2) is 4.79 Å². The number of carbonyl (C=O) groups is 1. The third-order valence-electron chi connectivity index (χ3n) is 3.20. The Morgan fingerprint density at radius 1 is 1.58 bits per heavy atom. The summed E-state index contributed by atoms with van der Waals surface area (Å²) in [6.45, 7) is 1.28. The van der Waals surface area contributed by atoms with Crippen molar-refractivity contribution in [3.63, 3.8) is 0 Å². The lowest BCUT2D eigenvalue weighted by Gasteiger charge is -2.12. The number of hydrogen-bond acceptors (Lipinski definition) is 4. The molecule has 1 saturated heterocycles. The van der Waals surface area contributed by atoms with Gasteiger partial charge in [-0.2, -0.15) is 0 Å². The molecule has 0 N–H and O–H groups in total. The zero-order valence-electron chi connectivity index (χ0n) is 10.7. The Morgan fingerprint density at radius 3 is 2.95 bits per heavy atom. The number of halogens is 1. The minimum atomic E-state index is -0.565. The average Bonchev–Trinajstić information content (AvgIpc) is 2.89. The molecule has 1 fully saturated rings. The zero-order valence-corrected chi connectivity index (χ0v) is 11.5. The van der Waals surface area contributed by atoms with E-state index in [1.54, 1.807) is 0 Å². The van der Waals surface area contributed by atoms with Crippen molar-refractivity contribution in [2.75, 3.05) is 13.7 Å². The number of rotatable bonds is 4. The van der Waals surface area contributed by atoms with E-state index in [-0.39, 0.29) is 22.4 Å². The molecule has 19 heavy (non-hydrogen) atoms. The number of ether oxygens (including phenoxy) is 2. The lowest BCUT2D eigenvalue weighted by Crippen LogP contribution is -2.24. The SMILES string of the molecule is COC(=O)c1cc(Cl)n(CCC2CCCO2)c(=O)c1. The lowest BCUT2D eigenvalue weighted by molar-refractivity contribution is 0.0600. The normalized spacial score (nSPS) is 18.5. The van der Waals surface area contributed by atoms with Crippen molar-refractivity contribution < 1.29 is 14.3 Å². The summed E-state index contributed by atoms with van der Waals surface area (Å²) in [5.74, 6) is -0.565. The van der Waals surface area contributed by atoms with Crippen LogP contribution in [0.15, 0.2) is 16.9 Å². The van der Waals surface area contributed by atoms with Crippen molar-refractivity contribution in [1.82, 2.24) is 4.57 Å². The fraction of sp³-hybridized carbons (Fsp3) is 0.538. The maximum absolute atomic E-state index is 11.9. The van der Waals surface area contributed by atoms with E-state index >= 15 is 0 Å². The van der Waals surface area contributed by atoms with E-state index < -0.39 is 5.97 Å². The van der Waals surface area contributed by atoms with E-state index in [1.807, 2.05) is 0 Å². The van der Waals surface area contributed by atoms with Crippen LogP contribution in [0, 0.1) is 0 Å². The summed E-state index contributed by atoms with van der Waals surface area (Å²) in [5.41, 5.74) is -0.128. The fourth-order valence-corrected chi connectivity index (χ4v) is 2.45. The molecule has 2 rings (SSSR count). The van der Waals surface area contributed by atoms with Crippen LogP contribution in [0.5, 0.6) is 0 Å². The largest absolute Gasteiger partial charge is 0.465 e. The summed E-state index contributed by atoms with van der Waals surface area (Å²) in [7, 11) is 1.26. The fourth-order valence-electron chi connectivity index (χ4n) is 2.16. The molecule has 1 aliphatic rings. The molecule has 0 amide bonds. The van der Waals surface area contributed by atoms with Gasteiger partial charge in [0.1, 0.15) is 5.15 Å². The van der Waals surface area contributed by atoms with Crippen molar-refractivity contribution in [2.24, 2.45) is 0 Å². The number of pyridine rings is 1. The Bertz CT molecular complexity index is 520. The molecule has 0 aliphatic carbocycles. The highest BCUT2D eigenvalue weighted by Gasteiger charge is 2.17. The highest BCUT2D eigenvalue weighted by molar-refractivity contribution is 6.29. The first-order valence-electron chi connectivity index (χ1n) is 6.22. The number of esters is 1. The molecule has 0 aromatic carbocycles. The highest BCUT2D eigenvalue weighted by atomic mass is 35.5. The highest BCUT2D eigenvalue weighted by Crippen LogP contribution is 2.17. The predicted molar refractivity (Wildman–Crippen MR) is 70.6 cm³/mol. The van der Waals surface area contributed by atoms with Crippen LogP contribution in [0.2, 0.25) is 5.15 Å². The van der Waals surface area contributed by atoms with Crippen LogP contribution >= 0.6 is 11.6 Å². The molecule has 0 bridgehead atoms.